The molecular formula is C14H23ClN2O2. The first kappa shape index (κ1) is 17.7. The standard InChI is InChI=1S/C14H22N2O2.ClH/c1-4-5-13(15)14(17)16-11-6-8-12(9-7-11)18-10(2)3;/h6-10,13H,4-5,15H2,1-3H3,(H,16,17);1H. The van der Waals surface area contributed by atoms with E-state index in [1.807, 2.05) is 45.0 Å². The SMILES string of the molecule is CCCC(N)C(=O)Nc1ccc(OC(C)C)cc1.Cl. The fourth-order valence-corrected chi connectivity index (χ4v) is 1.57. The number of carbonyl (C=O) groups is 1. The normalized spacial score (nSPS) is 11.6. The van der Waals surface area contributed by atoms with Crippen LogP contribution >= 0.6 is 12.4 Å². The lowest BCUT2D eigenvalue weighted by molar-refractivity contribution is -0.117. The minimum atomic E-state index is -0.443. The monoisotopic (exact) mass is 286 g/mol. The third-order valence-electron chi connectivity index (χ3n) is 2.43. The summed E-state index contributed by atoms with van der Waals surface area (Å²) in [5.74, 6) is 0.648. The highest BCUT2D eigenvalue weighted by molar-refractivity contribution is 5.94. The summed E-state index contributed by atoms with van der Waals surface area (Å²) in [5, 5.41) is 2.79. The molecule has 1 aromatic rings. The Balaban J connectivity index is 0.00000324. The molecule has 1 rings (SSSR count). The minimum absolute atomic E-state index is 0. The van der Waals surface area contributed by atoms with Gasteiger partial charge in [-0.15, -0.1) is 12.4 Å². The van der Waals surface area contributed by atoms with E-state index in [1.165, 1.54) is 0 Å². The predicted octanol–water partition coefficient (Wildman–Crippen LogP) is 2.96. The molecule has 1 amide bonds. The molecule has 0 aliphatic rings. The van der Waals surface area contributed by atoms with Crippen LogP contribution in [0.4, 0.5) is 5.69 Å². The van der Waals surface area contributed by atoms with Gasteiger partial charge in [0.15, 0.2) is 0 Å². The van der Waals surface area contributed by atoms with Crippen molar-refractivity contribution in [2.75, 3.05) is 5.32 Å². The van der Waals surface area contributed by atoms with E-state index in [1.54, 1.807) is 0 Å². The lowest BCUT2D eigenvalue weighted by Crippen LogP contribution is -2.35. The molecule has 3 N–H and O–H groups in total. The van der Waals surface area contributed by atoms with E-state index in [2.05, 4.69) is 5.32 Å². The molecule has 4 nitrogen and oxygen atoms in total. The van der Waals surface area contributed by atoms with Crippen LogP contribution in [0.25, 0.3) is 0 Å². The van der Waals surface area contributed by atoms with Gasteiger partial charge >= 0.3 is 0 Å². The molecule has 0 fully saturated rings. The summed E-state index contributed by atoms with van der Waals surface area (Å²) < 4.78 is 5.52. The van der Waals surface area contributed by atoms with Crippen LogP contribution in [0.5, 0.6) is 5.75 Å². The third-order valence-corrected chi connectivity index (χ3v) is 2.43. The highest BCUT2D eigenvalue weighted by atomic mass is 35.5. The quantitative estimate of drug-likeness (QED) is 0.845. The molecule has 19 heavy (non-hydrogen) atoms. The first-order chi connectivity index (χ1) is 8.52. The van der Waals surface area contributed by atoms with Gasteiger partial charge in [-0.25, -0.2) is 0 Å². The molecule has 5 heteroatoms. The fourth-order valence-electron chi connectivity index (χ4n) is 1.57. The lowest BCUT2D eigenvalue weighted by Gasteiger charge is -2.13. The summed E-state index contributed by atoms with van der Waals surface area (Å²) in [6.45, 7) is 5.95. The Morgan fingerprint density at radius 3 is 2.37 bits per heavy atom. The van der Waals surface area contributed by atoms with E-state index in [0.29, 0.717) is 6.42 Å². The highest BCUT2D eigenvalue weighted by Crippen LogP contribution is 2.17. The number of anilines is 1. The Hall–Kier alpha value is -1.26. The van der Waals surface area contributed by atoms with Crippen LogP contribution in [0.1, 0.15) is 33.6 Å². The van der Waals surface area contributed by atoms with Crippen molar-refractivity contribution in [3.05, 3.63) is 24.3 Å². The number of nitrogens with two attached hydrogens (primary N) is 1. The molecule has 1 aromatic carbocycles. The maximum Gasteiger partial charge on any atom is 0.241 e. The highest BCUT2D eigenvalue weighted by Gasteiger charge is 2.12. The van der Waals surface area contributed by atoms with Gasteiger partial charge in [-0.2, -0.15) is 0 Å². The van der Waals surface area contributed by atoms with E-state index in [0.717, 1.165) is 17.9 Å². The van der Waals surface area contributed by atoms with Gasteiger partial charge in [-0.3, -0.25) is 4.79 Å². The topological polar surface area (TPSA) is 64.4 Å². The maximum absolute atomic E-state index is 11.7. The number of rotatable bonds is 6. The zero-order chi connectivity index (χ0) is 13.5. The molecule has 0 aromatic heterocycles. The summed E-state index contributed by atoms with van der Waals surface area (Å²) in [5.41, 5.74) is 6.47. The Bertz CT molecular complexity index is 380. The van der Waals surface area contributed by atoms with Crippen LogP contribution in [0.2, 0.25) is 0 Å². The molecule has 1 unspecified atom stereocenters. The van der Waals surface area contributed by atoms with Crippen molar-refractivity contribution >= 4 is 24.0 Å². The molecule has 0 heterocycles. The van der Waals surface area contributed by atoms with Gasteiger partial charge in [0.25, 0.3) is 0 Å². The number of carbonyl (C=O) groups excluding carboxylic acids is 1. The van der Waals surface area contributed by atoms with E-state index in [9.17, 15) is 4.79 Å². The summed E-state index contributed by atoms with van der Waals surface area (Å²) in [7, 11) is 0. The van der Waals surface area contributed by atoms with Crippen molar-refractivity contribution in [3.8, 4) is 5.75 Å². The second-order valence-corrected chi connectivity index (χ2v) is 4.58. The molecule has 0 bridgehead atoms. The van der Waals surface area contributed by atoms with Crippen LogP contribution < -0.4 is 15.8 Å². The predicted molar refractivity (Wildman–Crippen MR) is 81.0 cm³/mol. The first-order valence-electron chi connectivity index (χ1n) is 6.36. The van der Waals surface area contributed by atoms with Crippen LogP contribution in [0.15, 0.2) is 24.3 Å². The van der Waals surface area contributed by atoms with E-state index < -0.39 is 6.04 Å². The molecule has 0 saturated heterocycles. The van der Waals surface area contributed by atoms with Crippen molar-refractivity contribution in [2.24, 2.45) is 5.73 Å². The zero-order valence-corrected chi connectivity index (χ0v) is 12.5. The zero-order valence-electron chi connectivity index (χ0n) is 11.7. The first-order valence-corrected chi connectivity index (χ1v) is 6.36. The molecule has 0 aliphatic carbocycles. The van der Waals surface area contributed by atoms with Crippen molar-refractivity contribution in [3.63, 3.8) is 0 Å². The lowest BCUT2D eigenvalue weighted by atomic mass is 10.1. The minimum Gasteiger partial charge on any atom is -0.491 e. The summed E-state index contributed by atoms with van der Waals surface area (Å²) >= 11 is 0. The van der Waals surface area contributed by atoms with Gasteiger partial charge in [0, 0.05) is 5.69 Å². The summed E-state index contributed by atoms with van der Waals surface area (Å²) in [4.78, 5) is 11.7. The Morgan fingerprint density at radius 2 is 1.89 bits per heavy atom. The molecule has 108 valence electrons. The van der Waals surface area contributed by atoms with Crippen molar-refractivity contribution < 1.29 is 9.53 Å². The molecule has 0 spiro atoms. The smallest absolute Gasteiger partial charge is 0.241 e. The number of amides is 1. The third kappa shape index (κ3) is 6.45. The largest absolute Gasteiger partial charge is 0.491 e. The van der Waals surface area contributed by atoms with Gasteiger partial charge in [0.05, 0.1) is 12.1 Å². The van der Waals surface area contributed by atoms with Crippen LogP contribution in [-0.2, 0) is 4.79 Å². The molecule has 0 radical (unpaired) electrons. The fraction of sp³-hybridized carbons (Fsp3) is 0.500. The number of benzene rings is 1. The number of nitrogens with one attached hydrogen (secondary N) is 1. The van der Waals surface area contributed by atoms with Gasteiger partial charge in [0.1, 0.15) is 5.75 Å². The van der Waals surface area contributed by atoms with Crippen LogP contribution in [0, 0.1) is 0 Å². The van der Waals surface area contributed by atoms with Gasteiger partial charge in [-0.05, 0) is 44.5 Å². The number of hydrogen-bond acceptors (Lipinski definition) is 3. The summed E-state index contributed by atoms with van der Waals surface area (Å²) in [6, 6.07) is 6.85. The van der Waals surface area contributed by atoms with Crippen molar-refractivity contribution in [1.82, 2.24) is 0 Å². The molecule has 0 aliphatic heterocycles. The molecular weight excluding hydrogens is 264 g/mol. The second-order valence-electron chi connectivity index (χ2n) is 4.58. The van der Waals surface area contributed by atoms with Crippen molar-refractivity contribution in [2.45, 2.75) is 45.8 Å². The summed E-state index contributed by atoms with van der Waals surface area (Å²) in [6.07, 6.45) is 1.74. The van der Waals surface area contributed by atoms with E-state index in [-0.39, 0.29) is 24.4 Å². The second kappa shape index (κ2) is 8.77. The van der Waals surface area contributed by atoms with E-state index in [4.69, 9.17) is 10.5 Å². The van der Waals surface area contributed by atoms with Gasteiger partial charge in [-0.1, -0.05) is 13.3 Å². The van der Waals surface area contributed by atoms with Crippen LogP contribution in [0.3, 0.4) is 0 Å². The number of ether oxygens (including phenoxy) is 1. The van der Waals surface area contributed by atoms with Crippen LogP contribution in [-0.4, -0.2) is 18.1 Å². The average Bonchev–Trinajstić information content (AvgIpc) is 2.31. The molecule has 1 atom stereocenters. The Kier molecular flexibility index (Phi) is 8.19. The molecule has 0 saturated carbocycles. The Labute approximate surface area is 121 Å². The number of halogens is 1. The van der Waals surface area contributed by atoms with Gasteiger partial charge < -0.3 is 15.8 Å². The average molecular weight is 287 g/mol. The van der Waals surface area contributed by atoms with Crippen molar-refractivity contribution in [1.29, 1.82) is 0 Å². The van der Waals surface area contributed by atoms with Gasteiger partial charge in [0.2, 0.25) is 5.91 Å². The number of hydrogen-bond donors (Lipinski definition) is 2. The van der Waals surface area contributed by atoms with E-state index >= 15 is 0 Å². The maximum atomic E-state index is 11.7. The Morgan fingerprint density at radius 1 is 1.32 bits per heavy atom.